The maximum absolute atomic E-state index is 11.4. The van der Waals surface area contributed by atoms with E-state index in [1.807, 2.05) is 57.3 Å². The van der Waals surface area contributed by atoms with Crippen LogP contribution in [-0.2, 0) is 10.0 Å². The molecule has 2 N–H and O–H groups in total. The number of nitrogens with one attached hydrogen (secondary N) is 2. The number of sulfonamides is 1. The lowest BCUT2D eigenvalue weighted by Crippen LogP contribution is -2.48. The molecule has 0 unspecified atom stereocenters. The maximum Gasteiger partial charge on any atom is 0.208 e. The van der Waals surface area contributed by atoms with Gasteiger partial charge in [-0.1, -0.05) is 0 Å². The molecule has 5 rings (SSSR count). The zero-order chi connectivity index (χ0) is 24.7. The number of ether oxygens (including phenoxy) is 1. The van der Waals surface area contributed by atoms with Crippen molar-refractivity contribution in [2.45, 2.75) is 45.8 Å². The first kappa shape index (κ1) is 23.2. The molecule has 0 spiro atoms. The van der Waals surface area contributed by atoms with Crippen molar-refractivity contribution in [3.05, 3.63) is 59.9 Å². The molecule has 1 fully saturated rings. The highest BCUT2D eigenvalue weighted by Crippen LogP contribution is 2.35. The van der Waals surface area contributed by atoms with Crippen molar-refractivity contribution in [2.75, 3.05) is 11.6 Å². The molecule has 0 amide bonds. The first-order chi connectivity index (χ1) is 16.6. The SMILES string of the molecule is Cc1cc(-c2ccn3nc(Nc4cc(C)nc(C)n4)cc3c2)c(OC2CC(NS(C)(=O)=O)C2)cn1. The van der Waals surface area contributed by atoms with Gasteiger partial charge in [0.2, 0.25) is 10.0 Å². The second kappa shape index (κ2) is 8.90. The summed E-state index contributed by atoms with van der Waals surface area (Å²) in [5, 5.41) is 7.85. The molecular formula is C24H27N7O3S. The minimum absolute atomic E-state index is 0.0632. The molecule has 0 bridgehead atoms. The van der Waals surface area contributed by atoms with Gasteiger partial charge in [-0.25, -0.2) is 27.6 Å². The fraction of sp³-hybridized carbons (Fsp3) is 0.333. The van der Waals surface area contributed by atoms with Gasteiger partial charge in [-0.05, 0) is 44.5 Å². The van der Waals surface area contributed by atoms with Gasteiger partial charge >= 0.3 is 0 Å². The van der Waals surface area contributed by atoms with E-state index in [-0.39, 0.29) is 12.1 Å². The number of hydrogen-bond donors (Lipinski definition) is 2. The number of aromatic nitrogens is 5. The van der Waals surface area contributed by atoms with Gasteiger partial charge in [0.05, 0.1) is 18.0 Å². The Bertz CT molecular complexity index is 1490. The summed E-state index contributed by atoms with van der Waals surface area (Å²) in [7, 11) is -3.22. The van der Waals surface area contributed by atoms with Crippen LogP contribution in [0.1, 0.15) is 30.1 Å². The summed E-state index contributed by atoms with van der Waals surface area (Å²) in [6.07, 6.45) is 5.99. The van der Waals surface area contributed by atoms with Gasteiger partial charge in [0.15, 0.2) is 5.82 Å². The fourth-order valence-electron chi connectivity index (χ4n) is 4.24. The van der Waals surface area contributed by atoms with Gasteiger partial charge in [0, 0.05) is 54.2 Å². The van der Waals surface area contributed by atoms with Gasteiger partial charge in [0.1, 0.15) is 23.5 Å². The van der Waals surface area contributed by atoms with Crippen LogP contribution in [0.2, 0.25) is 0 Å². The van der Waals surface area contributed by atoms with E-state index in [2.05, 4.69) is 30.1 Å². The molecule has 1 aliphatic rings. The quantitative estimate of drug-likeness (QED) is 0.402. The van der Waals surface area contributed by atoms with Crippen molar-refractivity contribution in [2.24, 2.45) is 0 Å². The summed E-state index contributed by atoms with van der Waals surface area (Å²) in [6.45, 7) is 5.72. The number of hydrogen-bond acceptors (Lipinski definition) is 8. The van der Waals surface area contributed by atoms with Crippen LogP contribution >= 0.6 is 0 Å². The van der Waals surface area contributed by atoms with Crippen molar-refractivity contribution in [3.63, 3.8) is 0 Å². The predicted molar refractivity (Wildman–Crippen MR) is 133 cm³/mol. The molecule has 1 aliphatic carbocycles. The Morgan fingerprint density at radius 3 is 2.57 bits per heavy atom. The molecule has 35 heavy (non-hydrogen) atoms. The van der Waals surface area contributed by atoms with E-state index in [4.69, 9.17) is 4.74 Å². The number of aryl methyl sites for hydroxylation is 3. The smallest absolute Gasteiger partial charge is 0.208 e. The van der Waals surface area contributed by atoms with E-state index in [0.717, 1.165) is 28.0 Å². The highest BCUT2D eigenvalue weighted by Gasteiger charge is 2.33. The molecule has 4 aromatic heterocycles. The van der Waals surface area contributed by atoms with Crippen LogP contribution in [-0.4, -0.2) is 51.4 Å². The molecule has 182 valence electrons. The maximum atomic E-state index is 11.4. The third kappa shape index (κ3) is 5.41. The van der Waals surface area contributed by atoms with E-state index in [1.165, 1.54) is 6.26 Å². The topological polar surface area (TPSA) is 123 Å². The lowest BCUT2D eigenvalue weighted by Gasteiger charge is -2.35. The Kier molecular flexibility index (Phi) is 5.89. The third-order valence-electron chi connectivity index (χ3n) is 5.77. The number of nitrogens with zero attached hydrogens (tertiary/aromatic N) is 5. The van der Waals surface area contributed by atoms with Crippen LogP contribution < -0.4 is 14.8 Å². The van der Waals surface area contributed by atoms with Crippen LogP contribution in [0.4, 0.5) is 11.6 Å². The highest BCUT2D eigenvalue weighted by atomic mass is 32.2. The van der Waals surface area contributed by atoms with Gasteiger partial charge in [0.25, 0.3) is 0 Å². The minimum atomic E-state index is -3.22. The molecule has 0 saturated heterocycles. The zero-order valence-corrected chi connectivity index (χ0v) is 20.8. The molecule has 10 nitrogen and oxygen atoms in total. The fourth-order valence-corrected chi connectivity index (χ4v) is 5.04. The summed E-state index contributed by atoms with van der Waals surface area (Å²) in [6, 6.07) is 9.77. The monoisotopic (exact) mass is 493 g/mol. The Morgan fingerprint density at radius 2 is 1.83 bits per heavy atom. The molecule has 0 atom stereocenters. The lowest BCUT2D eigenvalue weighted by atomic mass is 9.90. The predicted octanol–water partition coefficient (Wildman–Crippen LogP) is 3.31. The molecule has 1 saturated carbocycles. The number of anilines is 2. The van der Waals surface area contributed by atoms with Crippen LogP contribution in [0, 0.1) is 20.8 Å². The van der Waals surface area contributed by atoms with Crippen molar-refractivity contribution in [1.29, 1.82) is 0 Å². The Morgan fingerprint density at radius 1 is 1.03 bits per heavy atom. The molecule has 4 heterocycles. The molecule has 0 aromatic carbocycles. The normalized spacial score (nSPS) is 17.8. The average molecular weight is 494 g/mol. The van der Waals surface area contributed by atoms with Gasteiger partial charge in [-0.3, -0.25) is 4.98 Å². The number of fused-ring (bicyclic) bond motifs is 1. The van der Waals surface area contributed by atoms with Crippen LogP contribution in [0.3, 0.4) is 0 Å². The van der Waals surface area contributed by atoms with Crippen molar-refractivity contribution < 1.29 is 13.2 Å². The lowest BCUT2D eigenvalue weighted by molar-refractivity contribution is 0.0947. The first-order valence-electron chi connectivity index (χ1n) is 11.3. The van der Waals surface area contributed by atoms with E-state index < -0.39 is 10.0 Å². The van der Waals surface area contributed by atoms with Crippen LogP contribution in [0.5, 0.6) is 5.75 Å². The summed E-state index contributed by atoms with van der Waals surface area (Å²) in [5.41, 5.74) is 4.58. The third-order valence-corrected chi connectivity index (χ3v) is 6.53. The Labute approximate surface area is 203 Å². The summed E-state index contributed by atoms with van der Waals surface area (Å²) in [5.74, 6) is 2.75. The van der Waals surface area contributed by atoms with Crippen molar-refractivity contribution >= 4 is 27.2 Å². The van der Waals surface area contributed by atoms with E-state index in [1.54, 1.807) is 10.7 Å². The summed E-state index contributed by atoms with van der Waals surface area (Å²) < 4.78 is 33.5. The second-order valence-corrected chi connectivity index (χ2v) is 10.8. The van der Waals surface area contributed by atoms with Crippen LogP contribution in [0.25, 0.3) is 16.6 Å². The van der Waals surface area contributed by atoms with Crippen LogP contribution in [0.15, 0.2) is 42.7 Å². The van der Waals surface area contributed by atoms with Crippen molar-refractivity contribution in [1.82, 2.24) is 29.3 Å². The summed E-state index contributed by atoms with van der Waals surface area (Å²) in [4.78, 5) is 13.1. The second-order valence-electron chi connectivity index (χ2n) is 9.00. The van der Waals surface area contributed by atoms with Gasteiger partial charge < -0.3 is 10.1 Å². The van der Waals surface area contributed by atoms with Gasteiger partial charge in [-0.2, -0.15) is 5.10 Å². The minimum Gasteiger partial charge on any atom is -0.488 e. The first-order valence-corrected chi connectivity index (χ1v) is 13.2. The highest BCUT2D eigenvalue weighted by molar-refractivity contribution is 7.88. The van der Waals surface area contributed by atoms with E-state index in [0.29, 0.717) is 36.1 Å². The number of rotatable bonds is 7. The Balaban J connectivity index is 1.37. The van der Waals surface area contributed by atoms with E-state index >= 15 is 0 Å². The molecular weight excluding hydrogens is 466 g/mol. The Hall–Kier alpha value is -3.57. The molecule has 0 radical (unpaired) electrons. The zero-order valence-electron chi connectivity index (χ0n) is 20.0. The van der Waals surface area contributed by atoms with Gasteiger partial charge in [-0.15, -0.1) is 0 Å². The van der Waals surface area contributed by atoms with Crippen molar-refractivity contribution in [3.8, 4) is 16.9 Å². The molecule has 11 heteroatoms. The number of pyridine rings is 2. The van der Waals surface area contributed by atoms with E-state index in [9.17, 15) is 8.42 Å². The largest absolute Gasteiger partial charge is 0.488 e. The standard InChI is InChI=1S/C24H27N7O3S/c1-14-7-21(22(13-25-14)34-20-10-18(11-20)30-35(4,32)33)17-5-6-31-19(9-17)12-24(29-31)28-23-8-15(2)26-16(3)27-23/h5-9,12-13,18,20,30H,10-11H2,1-4H3,(H,26,27,28,29). The average Bonchev–Trinajstić information content (AvgIpc) is 3.12. The molecule has 4 aromatic rings. The summed E-state index contributed by atoms with van der Waals surface area (Å²) >= 11 is 0. The molecule has 0 aliphatic heterocycles.